The molecule has 0 amide bonds. The van der Waals surface area contributed by atoms with Crippen molar-refractivity contribution < 1.29 is 5.11 Å². The summed E-state index contributed by atoms with van der Waals surface area (Å²) < 4.78 is 0. The Balaban J connectivity index is 2.61. The lowest BCUT2D eigenvalue weighted by Gasteiger charge is -2.06. The predicted octanol–water partition coefficient (Wildman–Crippen LogP) is 2.44. The molecule has 2 N–H and O–H groups in total. The summed E-state index contributed by atoms with van der Waals surface area (Å²) in [5.41, 5.74) is 0.380. The molecule has 88 valence electrons. The number of H-pyrrole nitrogens is 1. The summed E-state index contributed by atoms with van der Waals surface area (Å²) in [4.78, 5) is 18.3. The second kappa shape index (κ2) is 4.59. The van der Waals surface area contributed by atoms with Crippen molar-refractivity contribution >= 4 is 11.6 Å². The fourth-order valence-electron chi connectivity index (χ4n) is 1.53. The number of aromatic nitrogens is 2. The Hall–Kier alpha value is -1.81. The molecule has 0 radical (unpaired) electrons. The molecule has 1 unspecified atom stereocenters. The number of alkyl halides is 1. The summed E-state index contributed by atoms with van der Waals surface area (Å²) in [5, 5.41) is 9.32. The van der Waals surface area contributed by atoms with Gasteiger partial charge in [-0.1, -0.05) is 30.3 Å². The molecule has 1 atom stereocenters. The number of rotatable bonds is 2. The molecular formula is C12H11ClN2O2. The number of aromatic hydroxyl groups is 1. The van der Waals surface area contributed by atoms with Crippen LogP contribution >= 0.6 is 11.6 Å². The molecule has 1 aromatic heterocycles. The third-order valence-electron chi connectivity index (χ3n) is 2.36. The van der Waals surface area contributed by atoms with Crippen molar-refractivity contribution in [2.75, 3.05) is 0 Å². The Morgan fingerprint density at radius 2 is 2.00 bits per heavy atom. The van der Waals surface area contributed by atoms with Gasteiger partial charge in [-0.25, -0.2) is 0 Å². The van der Waals surface area contributed by atoms with E-state index >= 15 is 0 Å². The van der Waals surface area contributed by atoms with Crippen LogP contribution < -0.4 is 5.56 Å². The van der Waals surface area contributed by atoms with Gasteiger partial charge in [0.1, 0.15) is 11.4 Å². The zero-order valence-electron chi connectivity index (χ0n) is 9.14. The summed E-state index contributed by atoms with van der Waals surface area (Å²) in [5.74, 6) is -0.0451. The summed E-state index contributed by atoms with van der Waals surface area (Å²) in [6, 6.07) is 8.86. The van der Waals surface area contributed by atoms with Crippen LogP contribution in [0.15, 0.2) is 35.1 Å². The maximum Gasteiger partial charge on any atom is 0.262 e. The summed E-state index contributed by atoms with van der Waals surface area (Å²) in [6.45, 7) is 1.67. The van der Waals surface area contributed by atoms with Crippen LogP contribution in [0.4, 0.5) is 0 Å². The number of nitrogens with one attached hydrogen (secondary N) is 1. The topological polar surface area (TPSA) is 66.0 Å². The van der Waals surface area contributed by atoms with E-state index in [1.54, 1.807) is 31.2 Å². The van der Waals surface area contributed by atoms with Crippen molar-refractivity contribution in [1.29, 1.82) is 0 Å². The fourth-order valence-corrected chi connectivity index (χ4v) is 1.64. The van der Waals surface area contributed by atoms with E-state index in [2.05, 4.69) is 9.97 Å². The third-order valence-corrected chi connectivity index (χ3v) is 2.56. The highest BCUT2D eigenvalue weighted by Crippen LogP contribution is 2.24. The average molecular weight is 251 g/mol. The first-order chi connectivity index (χ1) is 8.09. The molecule has 0 aliphatic carbocycles. The lowest BCUT2D eigenvalue weighted by molar-refractivity contribution is 0.450. The maximum atomic E-state index is 11.9. The van der Waals surface area contributed by atoms with E-state index in [4.69, 9.17) is 11.6 Å². The molecule has 0 spiro atoms. The number of nitrogens with zero attached hydrogens (tertiary/aromatic N) is 1. The van der Waals surface area contributed by atoms with Gasteiger partial charge in [0.25, 0.3) is 5.56 Å². The highest BCUT2D eigenvalue weighted by atomic mass is 35.5. The van der Waals surface area contributed by atoms with Crippen LogP contribution in [0, 0.1) is 0 Å². The van der Waals surface area contributed by atoms with Gasteiger partial charge in [-0.2, -0.15) is 4.98 Å². The van der Waals surface area contributed by atoms with Crippen LogP contribution in [-0.2, 0) is 0 Å². The SMILES string of the molecule is CC(Cl)c1nc(O)c(-c2ccccc2)c(=O)[nH]1. The Bertz CT molecular complexity index is 579. The molecule has 0 bridgehead atoms. The first-order valence-electron chi connectivity index (χ1n) is 5.12. The maximum absolute atomic E-state index is 11.9. The molecule has 0 aliphatic heterocycles. The van der Waals surface area contributed by atoms with Gasteiger partial charge in [0.05, 0.1) is 5.38 Å². The average Bonchev–Trinajstić information content (AvgIpc) is 2.29. The van der Waals surface area contributed by atoms with Crippen molar-refractivity contribution in [3.8, 4) is 17.0 Å². The monoisotopic (exact) mass is 250 g/mol. The Morgan fingerprint density at radius 1 is 1.35 bits per heavy atom. The first kappa shape index (κ1) is 11.7. The number of benzene rings is 1. The second-order valence-electron chi connectivity index (χ2n) is 3.63. The molecule has 5 heteroatoms. The van der Waals surface area contributed by atoms with Crippen LogP contribution in [0.2, 0.25) is 0 Å². The molecule has 0 saturated carbocycles. The second-order valence-corrected chi connectivity index (χ2v) is 4.29. The number of hydrogen-bond donors (Lipinski definition) is 2. The lowest BCUT2D eigenvalue weighted by Crippen LogP contribution is -2.14. The molecule has 2 rings (SSSR count). The van der Waals surface area contributed by atoms with Crippen LogP contribution in [-0.4, -0.2) is 15.1 Å². The number of aromatic amines is 1. The van der Waals surface area contributed by atoms with Gasteiger partial charge < -0.3 is 10.1 Å². The Morgan fingerprint density at radius 3 is 2.53 bits per heavy atom. The number of hydrogen-bond acceptors (Lipinski definition) is 3. The molecule has 0 aliphatic rings. The van der Waals surface area contributed by atoms with Gasteiger partial charge in [-0.05, 0) is 12.5 Å². The van der Waals surface area contributed by atoms with Crippen molar-refractivity contribution in [3.05, 3.63) is 46.5 Å². The highest BCUT2D eigenvalue weighted by Gasteiger charge is 2.14. The summed E-state index contributed by atoms with van der Waals surface area (Å²) in [7, 11) is 0. The van der Waals surface area contributed by atoms with Crippen LogP contribution in [0.5, 0.6) is 5.88 Å². The van der Waals surface area contributed by atoms with E-state index < -0.39 is 10.9 Å². The van der Waals surface area contributed by atoms with Crippen molar-refractivity contribution in [1.82, 2.24) is 9.97 Å². The predicted molar refractivity (Wildman–Crippen MR) is 66.2 cm³/mol. The van der Waals surface area contributed by atoms with Gasteiger partial charge >= 0.3 is 0 Å². The van der Waals surface area contributed by atoms with Gasteiger partial charge in [0.2, 0.25) is 5.88 Å². The van der Waals surface area contributed by atoms with Crippen LogP contribution in [0.1, 0.15) is 18.1 Å². The van der Waals surface area contributed by atoms with Gasteiger partial charge in [-0.3, -0.25) is 4.79 Å². The first-order valence-corrected chi connectivity index (χ1v) is 5.56. The fraction of sp³-hybridized carbons (Fsp3) is 0.167. The molecule has 0 fully saturated rings. The summed E-state index contributed by atoms with van der Waals surface area (Å²) >= 11 is 5.80. The third kappa shape index (κ3) is 2.31. The van der Waals surface area contributed by atoms with Crippen molar-refractivity contribution in [2.45, 2.75) is 12.3 Å². The van der Waals surface area contributed by atoms with Crippen molar-refractivity contribution in [3.63, 3.8) is 0 Å². The normalized spacial score (nSPS) is 12.4. The van der Waals surface area contributed by atoms with Gasteiger partial charge in [-0.15, -0.1) is 11.6 Å². The smallest absolute Gasteiger partial charge is 0.262 e. The van der Waals surface area contributed by atoms with Crippen molar-refractivity contribution in [2.24, 2.45) is 0 Å². The van der Waals surface area contributed by atoms with E-state index in [1.165, 1.54) is 0 Å². The molecular weight excluding hydrogens is 240 g/mol. The van der Waals surface area contributed by atoms with Gasteiger partial charge in [0, 0.05) is 0 Å². The quantitative estimate of drug-likeness (QED) is 0.805. The van der Waals surface area contributed by atoms with E-state index in [-0.39, 0.29) is 17.3 Å². The Kier molecular flexibility index (Phi) is 3.15. The Labute approximate surface area is 103 Å². The molecule has 17 heavy (non-hydrogen) atoms. The lowest BCUT2D eigenvalue weighted by atomic mass is 10.1. The molecule has 1 aromatic carbocycles. The standard InChI is InChI=1S/C12H11ClN2O2/c1-7(13)10-14-11(16)9(12(17)15-10)8-5-3-2-4-6-8/h2-7H,1H3,(H2,14,15,16,17). The van der Waals surface area contributed by atoms with E-state index in [0.29, 0.717) is 5.56 Å². The molecule has 4 nitrogen and oxygen atoms in total. The van der Waals surface area contributed by atoms with Gasteiger partial charge in [0.15, 0.2) is 0 Å². The molecule has 1 heterocycles. The van der Waals surface area contributed by atoms with E-state index in [1.807, 2.05) is 6.07 Å². The van der Waals surface area contributed by atoms with E-state index in [0.717, 1.165) is 0 Å². The number of halogens is 1. The van der Waals surface area contributed by atoms with Crippen LogP contribution in [0.25, 0.3) is 11.1 Å². The molecule has 0 saturated heterocycles. The zero-order chi connectivity index (χ0) is 12.4. The van der Waals surface area contributed by atoms with E-state index in [9.17, 15) is 9.90 Å². The summed E-state index contributed by atoms with van der Waals surface area (Å²) in [6.07, 6.45) is 0. The molecule has 2 aromatic rings. The highest BCUT2D eigenvalue weighted by molar-refractivity contribution is 6.20. The minimum atomic E-state index is -0.460. The largest absolute Gasteiger partial charge is 0.493 e. The minimum absolute atomic E-state index is 0.159. The zero-order valence-corrected chi connectivity index (χ0v) is 9.90. The minimum Gasteiger partial charge on any atom is -0.493 e. The van der Waals surface area contributed by atoms with Crippen LogP contribution in [0.3, 0.4) is 0 Å².